The summed E-state index contributed by atoms with van der Waals surface area (Å²) in [5.41, 5.74) is 3.80. The Bertz CT molecular complexity index is 1100. The molecule has 2 aromatic carbocycles. The fourth-order valence-electron chi connectivity index (χ4n) is 5.52. The number of carbonyl (C=O) groups is 1. The molecule has 2 aliphatic rings. The van der Waals surface area contributed by atoms with E-state index in [4.69, 9.17) is 0 Å². The fraction of sp³-hybridized carbons (Fsp3) is 0.375. The van der Waals surface area contributed by atoms with Crippen molar-refractivity contribution in [1.82, 2.24) is 9.88 Å². The van der Waals surface area contributed by atoms with E-state index in [1.54, 1.807) is 6.07 Å². The summed E-state index contributed by atoms with van der Waals surface area (Å²) in [7, 11) is 0. The Labute approximate surface area is 165 Å². The van der Waals surface area contributed by atoms with Gasteiger partial charge in [-0.2, -0.15) is 0 Å². The zero-order valence-corrected chi connectivity index (χ0v) is 16.6. The van der Waals surface area contributed by atoms with Gasteiger partial charge in [0.05, 0.1) is 0 Å². The number of aromatic hydroxyl groups is 1. The molecule has 0 saturated carbocycles. The Morgan fingerprint density at radius 3 is 2.82 bits per heavy atom. The number of hydrogen-bond donors (Lipinski definition) is 2. The number of aromatic nitrogens is 1. The maximum atomic E-state index is 13.5. The number of nitrogens with zero attached hydrogens (tertiary/aromatic N) is 1. The van der Waals surface area contributed by atoms with Gasteiger partial charge in [-0.3, -0.25) is 4.79 Å². The standard InChI is InChI=1S/C24H26N2O2/c1-23(2)21-14-17-18(5-4-6-20(17)27)24(23,3)10-12-26(21)22(28)16-8-7-15-9-11-25-19(15)13-16/h4-9,11,13,21,25,27H,10,12,14H2,1-3H3/t21-,24?/m1/s1. The van der Waals surface area contributed by atoms with E-state index in [2.05, 4.69) is 31.8 Å². The van der Waals surface area contributed by atoms with Crippen molar-refractivity contribution < 1.29 is 9.90 Å². The third-order valence-electron chi connectivity index (χ3n) is 7.69. The molecular formula is C24H26N2O2. The molecule has 4 nitrogen and oxygen atoms in total. The molecule has 28 heavy (non-hydrogen) atoms. The summed E-state index contributed by atoms with van der Waals surface area (Å²) in [6.07, 6.45) is 3.49. The van der Waals surface area contributed by atoms with Crippen LogP contribution < -0.4 is 0 Å². The second-order valence-corrected chi connectivity index (χ2v) is 9.11. The second-order valence-electron chi connectivity index (χ2n) is 9.11. The molecule has 1 fully saturated rings. The minimum atomic E-state index is -0.0851. The average molecular weight is 374 g/mol. The van der Waals surface area contributed by atoms with Crippen molar-refractivity contribution in [3.63, 3.8) is 0 Å². The van der Waals surface area contributed by atoms with Crippen molar-refractivity contribution in [3.05, 3.63) is 65.4 Å². The van der Waals surface area contributed by atoms with Crippen LogP contribution in [-0.2, 0) is 11.8 Å². The van der Waals surface area contributed by atoms with Crippen molar-refractivity contribution in [2.24, 2.45) is 5.41 Å². The van der Waals surface area contributed by atoms with Crippen LogP contribution in [0.4, 0.5) is 0 Å². The number of aromatic amines is 1. The van der Waals surface area contributed by atoms with E-state index in [0.29, 0.717) is 12.2 Å². The lowest BCUT2D eigenvalue weighted by atomic mass is 9.51. The average Bonchev–Trinajstić information content (AvgIpc) is 3.12. The third kappa shape index (κ3) is 2.15. The molecule has 1 aliphatic heterocycles. The summed E-state index contributed by atoms with van der Waals surface area (Å²) in [5, 5.41) is 11.6. The molecule has 1 amide bonds. The molecule has 2 bridgehead atoms. The normalized spacial score (nSPS) is 25.5. The molecule has 144 valence electrons. The van der Waals surface area contributed by atoms with Crippen LogP contribution in [0.2, 0.25) is 0 Å². The van der Waals surface area contributed by atoms with Crippen molar-refractivity contribution >= 4 is 16.8 Å². The molecule has 5 rings (SSSR count). The van der Waals surface area contributed by atoms with Crippen LogP contribution in [0.5, 0.6) is 5.75 Å². The van der Waals surface area contributed by atoms with Crippen LogP contribution in [0.25, 0.3) is 10.9 Å². The van der Waals surface area contributed by atoms with E-state index in [0.717, 1.165) is 35.0 Å². The first-order valence-corrected chi connectivity index (χ1v) is 10.0. The largest absolute Gasteiger partial charge is 0.508 e. The van der Waals surface area contributed by atoms with E-state index in [1.165, 1.54) is 5.56 Å². The molecule has 2 heterocycles. The molecule has 0 radical (unpaired) electrons. The Balaban J connectivity index is 1.58. The highest BCUT2D eigenvalue weighted by Crippen LogP contribution is 2.57. The number of H-pyrrole nitrogens is 1. The van der Waals surface area contributed by atoms with Crippen LogP contribution in [0.1, 0.15) is 48.7 Å². The minimum absolute atomic E-state index is 0.0545. The zero-order valence-electron chi connectivity index (χ0n) is 16.6. The zero-order chi connectivity index (χ0) is 19.7. The molecule has 1 aromatic heterocycles. The molecule has 1 unspecified atom stereocenters. The van der Waals surface area contributed by atoms with Crippen LogP contribution in [0, 0.1) is 5.41 Å². The number of amides is 1. The molecule has 3 aromatic rings. The number of benzene rings is 2. The highest BCUT2D eigenvalue weighted by molar-refractivity contribution is 5.98. The van der Waals surface area contributed by atoms with Gasteiger partial charge in [-0.15, -0.1) is 0 Å². The van der Waals surface area contributed by atoms with Crippen LogP contribution in [0.15, 0.2) is 48.7 Å². The van der Waals surface area contributed by atoms with Crippen LogP contribution in [-0.4, -0.2) is 33.5 Å². The number of nitrogens with one attached hydrogen (secondary N) is 1. The Kier molecular flexibility index (Phi) is 3.49. The summed E-state index contributed by atoms with van der Waals surface area (Å²) < 4.78 is 0. The van der Waals surface area contributed by atoms with E-state index < -0.39 is 0 Å². The quantitative estimate of drug-likeness (QED) is 0.652. The third-order valence-corrected chi connectivity index (χ3v) is 7.69. The first-order valence-electron chi connectivity index (χ1n) is 10.0. The number of likely N-dealkylation sites (tertiary alicyclic amines) is 1. The molecule has 2 atom stereocenters. The van der Waals surface area contributed by atoms with Crippen molar-refractivity contribution in [3.8, 4) is 5.75 Å². The Morgan fingerprint density at radius 2 is 2.00 bits per heavy atom. The van der Waals surface area contributed by atoms with Crippen molar-refractivity contribution in [2.75, 3.05) is 6.54 Å². The molecule has 4 heteroatoms. The van der Waals surface area contributed by atoms with Crippen LogP contribution >= 0.6 is 0 Å². The lowest BCUT2D eigenvalue weighted by Gasteiger charge is -2.60. The monoisotopic (exact) mass is 374 g/mol. The first-order chi connectivity index (χ1) is 13.3. The topological polar surface area (TPSA) is 56.3 Å². The smallest absolute Gasteiger partial charge is 0.254 e. The van der Waals surface area contributed by atoms with Gasteiger partial charge >= 0.3 is 0 Å². The lowest BCUT2D eigenvalue weighted by Crippen LogP contribution is -2.64. The van der Waals surface area contributed by atoms with Gasteiger partial charge in [0.1, 0.15) is 5.75 Å². The van der Waals surface area contributed by atoms with Gasteiger partial charge < -0.3 is 15.0 Å². The number of fused-ring (bicyclic) bond motifs is 5. The summed E-state index contributed by atoms with van der Waals surface area (Å²) >= 11 is 0. The molecule has 1 aliphatic carbocycles. The maximum Gasteiger partial charge on any atom is 0.254 e. The molecule has 2 N–H and O–H groups in total. The summed E-state index contributed by atoms with van der Waals surface area (Å²) in [6, 6.07) is 13.8. The minimum Gasteiger partial charge on any atom is -0.508 e. The summed E-state index contributed by atoms with van der Waals surface area (Å²) in [4.78, 5) is 18.7. The number of hydrogen-bond acceptors (Lipinski definition) is 2. The molecule has 0 spiro atoms. The van der Waals surface area contributed by atoms with Gasteiger partial charge in [0.25, 0.3) is 5.91 Å². The fourth-order valence-corrected chi connectivity index (χ4v) is 5.52. The van der Waals surface area contributed by atoms with Gasteiger partial charge in [0.15, 0.2) is 0 Å². The van der Waals surface area contributed by atoms with Crippen molar-refractivity contribution in [1.29, 1.82) is 0 Å². The highest BCUT2D eigenvalue weighted by Gasteiger charge is 2.57. The second kappa shape index (κ2) is 5.63. The Morgan fingerprint density at radius 1 is 1.18 bits per heavy atom. The number of carbonyl (C=O) groups excluding carboxylic acids is 1. The highest BCUT2D eigenvalue weighted by atomic mass is 16.3. The number of rotatable bonds is 1. The number of phenols is 1. The predicted molar refractivity (Wildman–Crippen MR) is 111 cm³/mol. The first kappa shape index (κ1) is 17.4. The van der Waals surface area contributed by atoms with Gasteiger partial charge in [-0.25, -0.2) is 0 Å². The summed E-state index contributed by atoms with van der Waals surface area (Å²) in [6.45, 7) is 7.59. The predicted octanol–water partition coefficient (Wildman–Crippen LogP) is 4.63. The van der Waals surface area contributed by atoms with E-state index in [9.17, 15) is 9.90 Å². The van der Waals surface area contributed by atoms with E-state index in [-0.39, 0.29) is 22.8 Å². The Hall–Kier alpha value is -2.75. The van der Waals surface area contributed by atoms with Gasteiger partial charge in [0.2, 0.25) is 0 Å². The number of phenolic OH excluding ortho intramolecular Hbond substituents is 1. The van der Waals surface area contributed by atoms with E-state index in [1.807, 2.05) is 41.4 Å². The molecule has 1 saturated heterocycles. The SMILES string of the molecule is CC12CCN(C(=O)c3ccc4cc[nH]c4c3)[C@H](Cc3c(O)cccc31)C2(C)C. The molecular weight excluding hydrogens is 348 g/mol. The maximum absolute atomic E-state index is 13.5. The van der Waals surface area contributed by atoms with Gasteiger partial charge in [0, 0.05) is 35.3 Å². The van der Waals surface area contributed by atoms with E-state index >= 15 is 0 Å². The lowest BCUT2D eigenvalue weighted by molar-refractivity contribution is -0.0266. The van der Waals surface area contributed by atoms with Crippen molar-refractivity contribution in [2.45, 2.75) is 45.1 Å². The summed E-state index contributed by atoms with van der Waals surface area (Å²) in [5.74, 6) is 0.432. The van der Waals surface area contributed by atoms with Gasteiger partial charge in [-0.1, -0.05) is 39.0 Å². The number of piperidine rings is 1. The van der Waals surface area contributed by atoms with Gasteiger partial charge in [-0.05, 0) is 59.0 Å². The van der Waals surface area contributed by atoms with Crippen LogP contribution in [0.3, 0.4) is 0 Å².